The third kappa shape index (κ3) is 2.43. The normalized spacial score (nSPS) is 13.0. The lowest BCUT2D eigenvalue weighted by atomic mass is 10.2. The predicted molar refractivity (Wildman–Crippen MR) is 128 cm³/mol. The van der Waals surface area contributed by atoms with E-state index in [1.807, 2.05) is 0 Å². The summed E-state index contributed by atoms with van der Waals surface area (Å²) in [6.45, 7) is 3.26. The topological polar surface area (TPSA) is 9.86 Å². The fourth-order valence-electron chi connectivity index (χ4n) is 5.15. The number of hydrogen-bond donors (Lipinski definition) is 0. The summed E-state index contributed by atoms with van der Waals surface area (Å²) in [5.74, 6) is 0. The minimum Gasteiger partial charge on any atom is -0.338 e. The van der Waals surface area contributed by atoms with Crippen molar-refractivity contribution in [3.63, 3.8) is 0 Å². The molecule has 0 radical (unpaired) electrons. The van der Waals surface area contributed by atoms with Crippen LogP contribution in [0, 0.1) is 0 Å². The Morgan fingerprint density at radius 3 is 1.33 bits per heavy atom. The van der Waals surface area contributed by atoms with Gasteiger partial charge in [-0.05, 0) is 30.7 Å². The molecule has 0 spiro atoms. The maximum atomic E-state index is 2.56. The van der Waals surface area contributed by atoms with Gasteiger partial charge in [-0.2, -0.15) is 0 Å². The van der Waals surface area contributed by atoms with Crippen LogP contribution < -0.4 is 0 Å². The molecule has 30 heavy (non-hydrogen) atoms. The molecule has 0 N–H and O–H groups in total. The summed E-state index contributed by atoms with van der Waals surface area (Å²) in [6.07, 6.45) is 1.07. The second-order valence-corrected chi connectivity index (χ2v) is 8.11. The second kappa shape index (κ2) is 6.77. The van der Waals surface area contributed by atoms with Gasteiger partial charge in [-0.3, -0.25) is 0 Å². The molecule has 6 rings (SSSR count). The molecule has 6 aromatic rings. The van der Waals surface area contributed by atoms with Crippen molar-refractivity contribution in [2.24, 2.45) is 0 Å². The zero-order valence-corrected chi connectivity index (χ0v) is 17.1. The average molecular weight is 389 g/mol. The lowest BCUT2D eigenvalue weighted by molar-refractivity contribution is 0.451. The van der Waals surface area contributed by atoms with Gasteiger partial charge in [-0.15, -0.1) is 0 Å². The van der Waals surface area contributed by atoms with Crippen LogP contribution in [0.4, 0.5) is 0 Å². The van der Waals surface area contributed by atoms with Crippen LogP contribution in [0.2, 0.25) is 0 Å². The highest BCUT2D eigenvalue weighted by Gasteiger charge is 2.19. The summed E-state index contributed by atoms with van der Waals surface area (Å²) in [4.78, 5) is 0. The summed E-state index contributed by atoms with van der Waals surface area (Å²) in [5.41, 5.74) is 5.29. The Bertz CT molecular complexity index is 1410. The number of aromatic nitrogens is 2. The molecule has 0 saturated carbocycles. The van der Waals surface area contributed by atoms with E-state index in [2.05, 4.69) is 113 Å². The van der Waals surface area contributed by atoms with Gasteiger partial charge in [0.15, 0.2) is 0 Å². The SMILES string of the molecule is CC[C@@H](Cn1c2ccccc2c2ccccc21)n1c2ccccc2c2ccccc21. The largest absolute Gasteiger partial charge is 0.338 e. The van der Waals surface area contributed by atoms with Gasteiger partial charge in [0.05, 0.1) is 6.04 Å². The van der Waals surface area contributed by atoms with E-state index in [0.29, 0.717) is 6.04 Å². The van der Waals surface area contributed by atoms with E-state index in [1.54, 1.807) is 0 Å². The molecule has 0 saturated heterocycles. The Kier molecular flexibility index (Phi) is 3.92. The standard InChI is InChI=1S/C28H24N2/c1-2-20(30-27-17-9-5-13-23(27)24-14-6-10-18-28(24)30)19-29-25-15-7-3-11-21(25)22-12-4-8-16-26(22)29/h3-18,20H,2,19H2,1H3/t20-/m0/s1. The van der Waals surface area contributed by atoms with Crippen molar-refractivity contribution in [3.05, 3.63) is 97.1 Å². The summed E-state index contributed by atoms with van der Waals surface area (Å²) in [5, 5.41) is 5.36. The van der Waals surface area contributed by atoms with E-state index in [4.69, 9.17) is 0 Å². The van der Waals surface area contributed by atoms with Crippen LogP contribution in [0.15, 0.2) is 97.1 Å². The lowest BCUT2D eigenvalue weighted by Gasteiger charge is -2.22. The van der Waals surface area contributed by atoms with Crippen LogP contribution in [0.5, 0.6) is 0 Å². The van der Waals surface area contributed by atoms with Crippen LogP contribution >= 0.6 is 0 Å². The van der Waals surface area contributed by atoms with Gasteiger partial charge in [-0.25, -0.2) is 0 Å². The maximum absolute atomic E-state index is 2.56. The molecule has 4 aromatic carbocycles. The molecule has 0 bridgehead atoms. The molecule has 2 heteroatoms. The number of hydrogen-bond acceptors (Lipinski definition) is 0. The lowest BCUT2D eigenvalue weighted by Crippen LogP contribution is -2.15. The molecule has 0 aliphatic heterocycles. The van der Waals surface area contributed by atoms with Crippen LogP contribution in [0.1, 0.15) is 19.4 Å². The first-order chi connectivity index (χ1) is 14.9. The summed E-state index contributed by atoms with van der Waals surface area (Å²) in [7, 11) is 0. The van der Waals surface area contributed by atoms with Crippen molar-refractivity contribution in [3.8, 4) is 0 Å². The second-order valence-electron chi connectivity index (χ2n) is 8.11. The van der Waals surface area contributed by atoms with Gasteiger partial charge in [0.25, 0.3) is 0 Å². The van der Waals surface area contributed by atoms with Crippen molar-refractivity contribution < 1.29 is 0 Å². The minimum absolute atomic E-state index is 0.369. The van der Waals surface area contributed by atoms with Crippen LogP contribution in [0.25, 0.3) is 43.6 Å². The Balaban J connectivity index is 1.60. The quantitative estimate of drug-likeness (QED) is 0.295. The predicted octanol–water partition coefficient (Wildman–Crippen LogP) is 7.55. The highest BCUT2D eigenvalue weighted by atomic mass is 15.1. The van der Waals surface area contributed by atoms with E-state index < -0.39 is 0 Å². The zero-order valence-electron chi connectivity index (χ0n) is 17.1. The Labute approximate surface area is 176 Å². The van der Waals surface area contributed by atoms with Crippen LogP contribution in [0.3, 0.4) is 0 Å². The van der Waals surface area contributed by atoms with Crippen molar-refractivity contribution in [1.29, 1.82) is 0 Å². The highest BCUT2D eigenvalue weighted by molar-refractivity contribution is 6.09. The molecule has 2 heterocycles. The summed E-state index contributed by atoms with van der Waals surface area (Å²) >= 11 is 0. The molecule has 0 fully saturated rings. The van der Waals surface area contributed by atoms with Crippen LogP contribution in [-0.4, -0.2) is 9.13 Å². The third-order valence-corrected chi connectivity index (χ3v) is 6.53. The summed E-state index contributed by atoms with van der Waals surface area (Å²) < 4.78 is 5.08. The van der Waals surface area contributed by atoms with Gasteiger partial charge in [0.1, 0.15) is 0 Å². The molecule has 0 aliphatic carbocycles. The number of nitrogens with zero attached hydrogens (tertiary/aromatic N) is 2. The molecule has 0 amide bonds. The Morgan fingerprint density at radius 2 is 0.900 bits per heavy atom. The van der Waals surface area contributed by atoms with Gasteiger partial charge < -0.3 is 9.13 Å². The number of para-hydroxylation sites is 4. The Hall–Kier alpha value is -3.52. The monoisotopic (exact) mass is 388 g/mol. The average Bonchev–Trinajstić information content (AvgIpc) is 3.31. The van der Waals surface area contributed by atoms with Gasteiger partial charge in [0.2, 0.25) is 0 Å². The first kappa shape index (κ1) is 17.3. The van der Waals surface area contributed by atoms with Crippen molar-refractivity contribution in [2.75, 3.05) is 0 Å². The molecule has 2 nitrogen and oxygen atoms in total. The fraction of sp³-hybridized carbons (Fsp3) is 0.143. The Morgan fingerprint density at radius 1 is 0.533 bits per heavy atom. The van der Waals surface area contributed by atoms with E-state index in [-0.39, 0.29) is 0 Å². The molecule has 1 atom stereocenters. The third-order valence-electron chi connectivity index (χ3n) is 6.53. The fourth-order valence-corrected chi connectivity index (χ4v) is 5.15. The minimum atomic E-state index is 0.369. The molecular formula is C28H24N2. The van der Waals surface area contributed by atoms with Gasteiger partial charge >= 0.3 is 0 Å². The zero-order chi connectivity index (χ0) is 20.1. The van der Waals surface area contributed by atoms with Crippen molar-refractivity contribution in [2.45, 2.75) is 25.9 Å². The first-order valence-corrected chi connectivity index (χ1v) is 10.8. The van der Waals surface area contributed by atoms with E-state index in [9.17, 15) is 0 Å². The highest BCUT2D eigenvalue weighted by Crippen LogP contribution is 2.35. The molecule has 146 valence electrons. The van der Waals surface area contributed by atoms with Crippen molar-refractivity contribution >= 4 is 43.6 Å². The molecule has 2 aromatic heterocycles. The van der Waals surface area contributed by atoms with Crippen LogP contribution in [-0.2, 0) is 6.54 Å². The smallest absolute Gasteiger partial charge is 0.0519 e. The van der Waals surface area contributed by atoms with E-state index >= 15 is 0 Å². The van der Waals surface area contributed by atoms with Gasteiger partial charge in [-0.1, -0.05) is 79.7 Å². The van der Waals surface area contributed by atoms with E-state index in [0.717, 1.165) is 13.0 Å². The molecule has 0 aliphatic rings. The van der Waals surface area contributed by atoms with E-state index in [1.165, 1.54) is 43.6 Å². The molecule has 0 unspecified atom stereocenters. The summed E-state index contributed by atoms with van der Waals surface area (Å²) in [6, 6.07) is 35.6. The maximum Gasteiger partial charge on any atom is 0.0519 e. The number of rotatable bonds is 4. The van der Waals surface area contributed by atoms with Crippen molar-refractivity contribution in [1.82, 2.24) is 9.13 Å². The number of fused-ring (bicyclic) bond motifs is 6. The van der Waals surface area contributed by atoms with Gasteiger partial charge in [0, 0.05) is 50.2 Å². The first-order valence-electron chi connectivity index (χ1n) is 10.8. The molecular weight excluding hydrogens is 364 g/mol. The number of benzene rings is 4.